The molecule has 14 heavy (non-hydrogen) atoms. The van der Waals surface area contributed by atoms with Crippen molar-refractivity contribution in [1.82, 2.24) is 0 Å². The molecule has 0 atom stereocenters. The molecule has 1 aromatic rings. The zero-order chi connectivity index (χ0) is 10.1. The molecule has 0 saturated heterocycles. The number of carbonyl (C=O) groups excluding carboxylic acids is 1. The molecule has 72 valence electrons. The Balaban J connectivity index is 2.51. The van der Waals surface area contributed by atoms with Crippen molar-refractivity contribution < 1.29 is 4.79 Å². The Morgan fingerprint density at radius 1 is 1.43 bits per heavy atom. The summed E-state index contributed by atoms with van der Waals surface area (Å²) in [6.07, 6.45) is 3.28. The van der Waals surface area contributed by atoms with Gasteiger partial charge in [-0.25, -0.2) is 0 Å². The van der Waals surface area contributed by atoms with Crippen LogP contribution in [0.4, 0.5) is 5.69 Å². The number of amides is 1. The first kappa shape index (κ1) is 9.00. The van der Waals surface area contributed by atoms with E-state index in [1.165, 1.54) is 5.56 Å². The minimum atomic E-state index is 0.193. The quantitative estimate of drug-likeness (QED) is 0.660. The maximum atomic E-state index is 11.5. The lowest BCUT2D eigenvalue weighted by atomic mass is 9.99. The summed E-state index contributed by atoms with van der Waals surface area (Å²) >= 11 is 0. The highest BCUT2D eigenvalue weighted by Crippen LogP contribution is 2.27. The third-order valence-corrected chi connectivity index (χ3v) is 2.69. The molecule has 0 bridgehead atoms. The first-order valence-corrected chi connectivity index (χ1v) is 4.74. The van der Waals surface area contributed by atoms with Crippen molar-refractivity contribution in [1.29, 1.82) is 0 Å². The molecule has 0 unspecified atom stereocenters. The molecular weight excluding hydrogens is 174 g/mol. The number of anilines is 1. The summed E-state index contributed by atoms with van der Waals surface area (Å²) in [5.74, 6) is 0.193. The van der Waals surface area contributed by atoms with Crippen molar-refractivity contribution in [2.75, 3.05) is 11.9 Å². The van der Waals surface area contributed by atoms with E-state index >= 15 is 0 Å². The first-order valence-electron chi connectivity index (χ1n) is 4.74. The van der Waals surface area contributed by atoms with Gasteiger partial charge in [0.05, 0.1) is 0 Å². The summed E-state index contributed by atoms with van der Waals surface area (Å²) in [5.41, 5.74) is 3.33. The second-order valence-corrected chi connectivity index (χ2v) is 3.55. The van der Waals surface area contributed by atoms with E-state index in [2.05, 4.69) is 12.6 Å². The topological polar surface area (TPSA) is 20.3 Å². The van der Waals surface area contributed by atoms with Crippen LogP contribution in [0.5, 0.6) is 0 Å². The largest absolute Gasteiger partial charge is 0.315 e. The zero-order valence-electron chi connectivity index (χ0n) is 8.29. The lowest BCUT2D eigenvalue weighted by molar-refractivity contribution is -0.118. The van der Waals surface area contributed by atoms with Gasteiger partial charge in [0.15, 0.2) is 0 Å². The standard InChI is InChI=1S/C12H13NO/c1-3-9-4-5-10-6-7-12(14)13(2)11(10)8-9/h3-5,8H,1,6-7H2,2H3. The van der Waals surface area contributed by atoms with Crippen LogP contribution in [0.25, 0.3) is 6.08 Å². The molecule has 0 aliphatic carbocycles. The molecule has 0 N–H and O–H groups in total. The zero-order valence-corrected chi connectivity index (χ0v) is 8.29. The van der Waals surface area contributed by atoms with Crippen molar-refractivity contribution in [3.05, 3.63) is 35.9 Å². The number of fused-ring (bicyclic) bond motifs is 1. The Kier molecular flexibility index (Phi) is 2.12. The van der Waals surface area contributed by atoms with Gasteiger partial charge in [0, 0.05) is 19.2 Å². The molecule has 2 heteroatoms. The fourth-order valence-electron chi connectivity index (χ4n) is 1.78. The van der Waals surface area contributed by atoms with Crippen LogP contribution >= 0.6 is 0 Å². The molecule has 1 aromatic carbocycles. The predicted octanol–water partition coefficient (Wildman–Crippen LogP) is 2.24. The Labute approximate surface area is 83.8 Å². The maximum absolute atomic E-state index is 11.5. The molecule has 2 nitrogen and oxygen atoms in total. The Hall–Kier alpha value is -1.57. The van der Waals surface area contributed by atoms with Crippen LogP contribution in [-0.2, 0) is 11.2 Å². The SMILES string of the molecule is C=Cc1ccc2c(c1)N(C)C(=O)CC2. The van der Waals surface area contributed by atoms with Gasteiger partial charge in [-0.2, -0.15) is 0 Å². The number of aryl methyl sites for hydroxylation is 1. The minimum absolute atomic E-state index is 0.193. The highest BCUT2D eigenvalue weighted by Gasteiger charge is 2.20. The van der Waals surface area contributed by atoms with Gasteiger partial charge in [0.25, 0.3) is 0 Å². The molecule has 0 spiro atoms. The van der Waals surface area contributed by atoms with Gasteiger partial charge in [0.1, 0.15) is 0 Å². The van der Waals surface area contributed by atoms with E-state index < -0.39 is 0 Å². The molecule has 0 aromatic heterocycles. The Morgan fingerprint density at radius 2 is 2.21 bits per heavy atom. The van der Waals surface area contributed by atoms with Crippen LogP contribution in [0.1, 0.15) is 17.5 Å². The monoisotopic (exact) mass is 187 g/mol. The lowest BCUT2D eigenvalue weighted by Gasteiger charge is -2.25. The molecule has 0 saturated carbocycles. The average molecular weight is 187 g/mol. The summed E-state index contributed by atoms with van der Waals surface area (Å²) in [4.78, 5) is 13.2. The van der Waals surface area contributed by atoms with Crippen molar-refractivity contribution in [3.8, 4) is 0 Å². The van der Waals surface area contributed by atoms with Crippen molar-refractivity contribution in [2.24, 2.45) is 0 Å². The van der Waals surface area contributed by atoms with E-state index in [9.17, 15) is 4.79 Å². The third-order valence-electron chi connectivity index (χ3n) is 2.69. The van der Waals surface area contributed by atoms with Gasteiger partial charge in [-0.3, -0.25) is 4.79 Å². The molecule has 2 rings (SSSR count). The summed E-state index contributed by atoms with van der Waals surface area (Å²) in [6.45, 7) is 3.72. The first-order chi connectivity index (χ1) is 6.72. The molecule has 1 aliphatic rings. The fraction of sp³-hybridized carbons (Fsp3) is 0.250. The second kappa shape index (κ2) is 3.29. The Morgan fingerprint density at radius 3 is 2.93 bits per heavy atom. The summed E-state index contributed by atoms with van der Waals surface area (Å²) in [7, 11) is 1.83. The highest BCUT2D eigenvalue weighted by molar-refractivity contribution is 5.96. The van der Waals surface area contributed by atoms with Crippen LogP contribution in [0.2, 0.25) is 0 Å². The van der Waals surface area contributed by atoms with Gasteiger partial charge in [0.2, 0.25) is 5.91 Å². The average Bonchev–Trinajstić information content (AvgIpc) is 2.23. The number of hydrogen-bond acceptors (Lipinski definition) is 1. The number of nitrogens with zero attached hydrogens (tertiary/aromatic N) is 1. The number of hydrogen-bond donors (Lipinski definition) is 0. The lowest BCUT2D eigenvalue weighted by Crippen LogP contribution is -2.31. The molecule has 1 heterocycles. The molecular formula is C12H13NO. The van der Waals surface area contributed by atoms with Crippen LogP contribution in [0.15, 0.2) is 24.8 Å². The van der Waals surface area contributed by atoms with E-state index in [1.54, 1.807) is 11.0 Å². The highest BCUT2D eigenvalue weighted by atomic mass is 16.2. The van der Waals surface area contributed by atoms with Gasteiger partial charge >= 0.3 is 0 Å². The fourth-order valence-corrected chi connectivity index (χ4v) is 1.78. The van der Waals surface area contributed by atoms with Crippen LogP contribution < -0.4 is 4.90 Å². The van der Waals surface area contributed by atoms with Crippen molar-refractivity contribution >= 4 is 17.7 Å². The summed E-state index contributed by atoms with van der Waals surface area (Å²) < 4.78 is 0. The predicted molar refractivity (Wildman–Crippen MR) is 58.3 cm³/mol. The molecule has 1 aliphatic heterocycles. The van der Waals surface area contributed by atoms with E-state index in [0.29, 0.717) is 6.42 Å². The summed E-state index contributed by atoms with van der Waals surface area (Å²) in [6, 6.07) is 6.13. The number of rotatable bonds is 1. The van der Waals surface area contributed by atoms with E-state index in [1.807, 2.05) is 19.2 Å². The van der Waals surface area contributed by atoms with Gasteiger partial charge in [-0.15, -0.1) is 0 Å². The minimum Gasteiger partial charge on any atom is -0.315 e. The number of benzene rings is 1. The smallest absolute Gasteiger partial charge is 0.227 e. The molecule has 0 radical (unpaired) electrons. The van der Waals surface area contributed by atoms with Crippen LogP contribution in [0.3, 0.4) is 0 Å². The molecule has 1 amide bonds. The van der Waals surface area contributed by atoms with Crippen molar-refractivity contribution in [3.63, 3.8) is 0 Å². The van der Waals surface area contributed by atoms with E-state index in [4.69, 9.17) is 0 Å². The van der Waals surface area contributed by atoms with Crippen LogP contribution in [-0.4, -0.2) is 13.0 Å². The Bertz CT molecular complexity index is 395. The second-order valence-electron chi connectivity index (χ2n) is 3.55. The molecule has 0 fully saturated rings. The van der Waals surface area contributed by atoms with Gasteiger partial charge in [-0.1, -0.05) is 24.8 Å². The van der Waals surface area contributed by atoms with Crippen molar-refractivity contribution in [2.45, 2.75) is 12.8 Å². The summed E-state index contributed by atoms with van der Waals surface area (Å²) in [5, 5.41) is 0. The van der Waals surface area contributed by atoms with Gasteiger partial charge in [-0.05, 0) is 23.6 Å². The number of carbonyl (C=O) groups is 1. The van der Waals surface area contributed by atoms with Crippen LogP contribution in [0, 0.1) is 0 Å². The third kappa shape index (κ3) is 1.33. The van der Waals surface area contributed by atoms with E-state index in [-0.39, 0.29) is 5.91 Å². The maximum Gasteiger partial charge on any atom is 0.227 e. The van der Waals surface area contributed by atoms with Gasteiger partial charge < -0.3 is 4.90 Å². The normalized spacial score (nSPS) is 15.2. The van der Waals surface area contributed by atoms with E-state index in [0.717, 1.165) is 17.7 Å².